The fourth-order valence-electron chi connectivity index (χ4n) is 6.31. The minimum atomic E-state index is -0.370. The van der Waals surface area contributed by atoms with Crippen LogP contribution in [-0.4, -0.2) is 53.6 Å². The third-order valence-electron chi connectivity index (χ3n) is 8.02. The summed E-state index contributed by atoms with van der Waals surface area (Å²) >= 11 is 0. The molecule has 1 aliphatic carbocycles. The third-order valence-corrected chi connectivity index (χ3v) is 8.02. The molecule has 2 aliphatic heterocycles. The number of hydrogen-bond donors (Lipinski definition) is 0. The van der Waals surface area contributed by atoms with Crippen molar-refractivity contribution in [3.63, 3.8) is 0 Å². The standard InChI is InChI=1S/C27H35N3O/c1-2-28-21-30(23-13-7-4-8-14-23)27(26(28)31)17-19-29(20-18-27)25-16-10-9-15-24(25)22-11-5-3-6-12-22/h3-8,11-14,24-25H,2,9-10,15-21H2,1H3. The molecular formula is C27H35N3O. The number of amides is 1. The highest BCUT2D eigenvalue weighted by Gasteiger charge is 2.54. The second kappa shape index (κ2) is 8.66. The number of nitrogens with zero attached hydrogens (tertiary/aromatic N) is 3. The van der Waals surface area contributed by atoms with Gasteiger partial charge in [-0.25, -0.2) is 0 Å². The van der Waals surface area contributed by atoms with E-state index in [1.807, 2.05) is 4.90 Å². The summed E-state index contributed by atoms with van der Waals surface area (Å²) in [5.74, 6) is 0.961. The number of para-hydroxylation sites is 1. The number of carbonyl (C=O) groups is 1. The van der Waals surface area contributed by atoms with E-state index < -0.39 is 0 Å². The Morgan fingerprint density at radius 2 is 1.55 bits per heavy atom. The molecule has 4 heteroatoms. The lowest BCUT2D eigenvalue weighted by Gasteiger charge is -2.48. The average Bonchev–Trinajstić information content (AvgIpc) is 3.12. The second-order valence-electron chi connectivity index (χ2n) is 9.50. The maximum absolute atomic E-state index is 13.5. The molecule has 0 N–H and O–H groups in total. The van der Waals surface area contributed by atoms with Crippen LogP contribution in [0.5, 0.6) is 0 Å². The molecule has 0 bridgehead atoms. The maximum atomic E-state index is 13.5. The van der Waals surface area contributed by atoms with Gasteiger partial charge in [-0.05, 0) is 56.2 Å². The first-order valence-electron chi connectivity index (χ1n) is 12.1. The maximum Gasteiger partial charge on any atom is 0.250 e. The lowest BCUT2D eigenvalue weighted by Crippen LogP contribution is -2.58. The lowest BCUT2D eigenvalue weighted by molar-refractivity contribution is -0.133. The highest BCUT2D eigenvalue weighted by molar-refractivity contribution is 5.93. The smallest absolute Gasteiger partial charge is 0.250 e. The molecule has 2 saturated heterocycles. The van der Waals surface area contributed by atoms with Crippen LogP contribution in [-0.2, 0) is 4.79 Å². The van der Waals surface area contributed by atoms with Crippen LogP contribution in [0, 0.1) is 0 Å². The molecule has 0 radical (unpaired) electrons. The van der Waals surface area contributed by atoms with Crippen molar-refractivity contribution >= 4 is 11.6 Å². The lowest BCUT2D eigenvalue weighted by atomic mass is 9.77. The zero-order valence-corrected chi connectivity index (χ0v) is 18.7. The summed E-state index contributed by atoms with van der Waals surface area (Å²) in [5.41, 5.74) is 2.30. The van der Waals surface area contributed by atoms with Crippen molar-refractivity contribution in [3.05, 3.63) is 66.2 Å². The fraction of sp³-hybridized carbons (Fsp3) is 0.519. The van der Waals surface area contributed by atoms with Crippen LogP contribution in [0.2, 0.25) is 0 Å². The molecule has 1 saturated carbocycles. The molecule has 4 nitrogen and oxygen atoms in total. The van der Waals surface area contributed by atoms with Crippen LogP contribution >= 0.6 is 0 Å². The Morgan fingerprint density at radius 3 is 2.23 bits per heavy atom. The Hall–Kier alpha value is -2.33. The first-order valence-corrected chi connectivity index (χ1v) is 12.1. The number of likely N-dealkylation sites (tertiary alicyclic amines) is 1. The zero-order valence-electron chi connectivity index (χ0n) is 18.7. The zero-order chi connectivity index (χ0) is 21.3. The number of anilines is 1. The highest BCUT2D eigenvalue weighted by Crippen LogP contribution is 2.42. The Labute approximate surface area is 186 Å². The summed E-state index contributed by atoms with van der Waals surface area (Å²) in [6.45, 7) is 5.63. The first kappa shape index (κ1) is 20.6. The Bertz CT molecular complexity index is 876. The van der Waals surface area contributed by atoms with Crippen molar-refractivity contribution < 1.29 is 4.79 Å². The van der Waals surface area contributed by atoms with E-state index in [0.717, 1.165) is 39.1 Å². The Balaban J connectivity index is 1.37. The minimum absolute atomic E-state index is 0.335. The number of likely N-dealkylation sites (N-methyl/N-ethyl adjacent to an activating group) is 1. The third kappa shape index (κ3) is 3.65. The van der Waals surface area contributed by atoms with Crippen LogP contribution in [0.3, 0.4) is 0 Å². The van der Waals surface area contributed by atoms with Crippen molar-refractivity contribution in [3.8, 4) is 0 Å². The van der Waals surface area contributed by atoms with E-state index >= 15 is 0 Å². The number of carbonyl (C=O) groups excluding carboxylic acids is 1. The normalized spacial score (nSPS) is 26.5. The summed E-state index contributed by atoms with van der Waals surface area (Å²) < 4.78 is 0. The molecule has 0 aromatic heterocycles. The molecule has 1 amide bonds. The molecular weight excluding hydrogens is 382 g/mol. The van der Waals surface area contributed by atoms with E-state index in [-0.39, 0.29) is 5.54 Å². The monoisotopic (exact) mass is 417 g/mol. The molecule has 2 aromatic rings. The molecule has 2 heterocycles. The number of hydrogen-bond acceptors (Lipinski definition) is 3. The largest absolute Gasteiger partial charge is 0.339 e. The van der Waals surface area contributed by atoms with E-state index in [1.165, 1.54) is 36.9 Å². The van der Waals surface area contributed by atoms with Gasteiger partial charge in [0.05, 0.1) is 6.67 Å². The highest BCUT2D eigenvalue weighted by atomic mass is 16.2. The number of piperidine rings is 1. The number of benzene rings is 2. The van der Waals surface area contributed by atoms with Crippen molar-refractivity contribution in [2.24, 2.45) is 0 Å². The summed E-state index contributed by atoms with van der Waals surface area (Å²) in [7, 11) is 0. The summed E-state index contributed by atoms with van der Waals surface area (Å²) in [6.07, 6.45) is 7.08. The molecule has 2 aromatic carbocycles. The molecule has 2 atom stereocenters. The van der Waals surface area contributed by atoms with Gasteiger partial charge in [-0.1, -0.05) is 61.4 Å². The SMILES string of the molecule is CCN1CN(c2ccccc2)C2(CCN(C3CCCCC3c3ccccc3)CC2)C1=O. The van der Waals surface area contributed by atoms with Crippen LogP contribution in [0.1, 0.15) is 56.9 Å². The fourth-order valence-corrected chi connectivity index (χ4v) is 6.31. The second-order valence-corrected chi connectivity index (χ2v) is 9.50. The topological polar surface area (TPSA) is 26.8 Å². The summed E-state index contributed by atoms with van der Waals surface area (Å²) in [6, 6.07) is 22.3. The van der Waals surface area contributed by atoms with Gasteiger partial charge in [0.2, 0.25) is 5.91 Å². The van der Waals surface area contributed by atoms with Gasteiger partial charge < -0.3 is 9.80 Å². The molecule has 31 heavy (non-hydrogen) atoms. The molecule has 3 fully saturated rings. The predicted octanol–water partition coefficient (Wildman–Crippen LogP) is 4.87. The van der Waals surface area contributed by atoms with E-state index in [9.17, 15) is 4.79 Å². The average molecular weight is 418 g/mol. The van der Waals surface area contributed by atoms with Crippen molar-refractivity contribution in [1.29, 1.82) is 0 Å². The van der Waals surface area contributed by atoms with Gasteiger partial charge in [-0.3, -0.25) is 9.69 Å². The van der Waals surface area contributed by atoms with Gasteiger partial charge in [0.1, 0.15) is 5.54 Å². The van der Waals surface area contributed by atoms with Gasteiger partial charge in [-0.2, -0.15) is 0 Å². The number of rotatable bonds is 4. The van der Waals surface area contributed by atoms with Crippen molar-refractivity contribution in [1.82, 2.24) is 9.80 Å². The minimum Gasteiger partial charge on any atom is -0.339 e. The van der Waals surface area contributed by atoms with E-state index in [1.54, 1.807) is 0 Å². The van der Waals surface area contributed by atoms with Crippen LogP contribution in [0.4, 0.5) is 5.69 Å². The van der Waals surface area contributed by atoms with E-state index in [0.29, 0.717) is 17.9 Å². The van der Waals surface area contributed by atoms with Crippen molar-refractivity contribution in [2.75, 3.05) is 31.2 Å². The predicted molar refractivity (Wildman–Crippen MR) is 126 cm³/mol. The quantitative estimate of drug-likeness (QED) is 0.710. The summed E-state index contributed by atoms with van der Waals surface area (Å²) in [4.78, 5) is 20.7. The molecule has 1 spiro atoms. The first-order chi connectivity index (χ1) is 15.2. The summed E-state index contributed by atoms with van der Waals surface area (Å²) in [5, 5.41) is 0. The molecule has 3 aliphatic rings. The van der Waals surface area contributed by atoms with Crippen LogP contribution in [0.15, 0.2) is 60.7 Å². The Kier molecular flexibility index (Phi) is 5.75. The molecule has 5 rings (SSSR count). The van der Waals surface area contributed by atoms with Gasteiger partial charge in [0.25, 0.3) is 0 Å². The van der Waals surface area contributed by atoms with Gasteiger partial charge in [0, 0.05) is 31.4 Å². The van der Waals surface area contributed by atoms with Gasteiger partial charge in [-0.15, -0.1) is 0 Å². The van der Waals surface area contributed by atoms with E-state index in [4.69, 9.17) is 0 Å². The van der Waals surface area contributed by atoms with Crippen molar-refractivity contribution in [2.45, 2.75) is 62.9 Å². The van der Waals surface area contributed by atoms with E-state index in [2.05, 4.69) is 77.4 Å². The molecule has 164 valence electrons. The van der Waals surface area contributed by atoms with Crippen LogP contribution in [0.25, 0.3) is 0 Å². The van der Waals surface area contributed by atoms with Crippen LogP contribution < -0.4 is 4.90 Å². The Morgan fingerprint density at radius 1 is 0.903 bits per heavy atom. The van der Waals surface area contributed by atoms with Gasteiger partial charge >= 0.3 is 0 Å². The van der Waals surface area contributed by atoms with Gasteiger partial charge in [0.15, 0.2) is 0 Å². The molecule has 2 unspecified atom stereocenters.